The molecule has 4 fully saturated rings. The Bertz CT molecular complexity index is 922. The molecule has 4 heterocycles. The molecule has 1 N–H and O–H groups in total. The fourth-order valence-corrected chi connectivity index (χ4v) is 6.65. The minimum absolute atomic E-state index is 0. The highest BCUT2D eigenvalue weighted by molar-refractivity contribution is 7.86. The number of piperidine rings is 2. The van der Waals surface area contributed by atoms with Crippen molar-refractivity contribution >= 4 is 43.1 Å². The van der Waals surface area contributed by atoms with Gasteiger partial charge >= 0.3 is 0 Å². The van der Waals surface area contributed by atoms with Gasteiger partial charge in [0.25, 0.3) is 16.1 Å². The van der Waals surface area contributed by atoms with Crippen molar-refractivity contribution in [2.75, 3.05) is 32.8 Å². The molecule has 0 unspecified atom stereocenters. The van der Waals surface area contributed by atoms with E-state index < -0.39 is 16.0 Å². The van der Waals surface area contributed by atoms with Crippen molar-refractivity contribution in [1.29, 1.82) is 0 Å². The number of carbonyl (C=O) groups excluding carboxylic acids is 1. The maximum atomic E-state index is 13.2. The predicted octanol–water partition coefficient (Wildman–Crippen LogP) is 1.44. The van der Waals surface area contributed by atoms with Crippen LogP contribution < -0.4 is 5.32 Å². The molecule has 0 aromatic carbocycles. The first-order valence-electron chi connectivity index (χ1n) is 11.2. The van der Waals surface area contributed by atoms with Crippen molar-refractivity contribution in [3.63, 3.8) is 0 Å². The monoisotopic (exact) mass is 522 g/mol. The van der Waals surface area contributed by atoms with Gasteiger partial charge in [-0.05, 0) is 32.6 Å². The summed E-state index contributed by atoms with van der Waals surface area (Å²) in [6.07, 6.45) is 4.38. The molecule has 1 spiro atoms. The molecule has 33 heavy (non-hydrogen) atoms. The van der Waals surface area contributed by atoms with Crippen LogP contribution in [0.4, 0.5) is 0 Å². The van der Waals surface area contributed by atoms with Gasteiger partial charge in [-0.15, -0.1) is 0 Å². The molecule has 3 saturated heterocycles. The molecule has 4 aliphatic rings. The van der Waals surface area contributed by atoms with Gasteiger partial charge in [0.05, 0.1) is 13.2 Å². The van der Waals surface area contributed by atoms with Gasteiger partial charge in [0.2, 0.25) is 0 Å². The number of amides is 1. The molecular weight excluding hydrogens is 488 g/mol. The highest BCUT2D eigenvalue weighted by atomic mass is 32.2. The van der Waals surface area contributed by atoms with E-state index in [1.807, 2.05) is 6.92 Å². The van der Waals surface area contributed by atoms with Crippen molar-refractivity contribution < 1.29 is 27.2 Å². The Hall–Kier alpha value is -0.830. The molecule has 1 aromatic rings. The van der Waals surface area contributed by atoms with Gasteiger partial charge in [-0.25, -0.2) is 0 Å². The van der Waals surface area contributed by atoms with E-state index in [1.54, 1.807) is 10.4 Å². The van der Waals surface area contributed by atoms with E-state index >= 15 is 0 Å². The fourth-order valence-electron chi connectivity index (χ4n) is 4.83. The van der Waals surface area contributed by atoms with Gasteiger partial charge in [0, 0.05) is 56.5 Å². The average molecular weight is 523 g/mol. The number of hydrogen-bond donors (Lipinski definition) is 1. The molecule has 0 bridgehead atoms. The van der Waals surface area contributed by atoms with Crippen molar-refractivity contribution in [2.24, 2.45) is 0 Å². The van der Waals surface area contributed by atoms with Gasteiger partial charge in [-0.1, -0.05) is 5.16 Å². The normalized spacial score (nSPS) is 28.2. The Balaban J connectivity index is 0.00000153. The second-order valence-corrected chi connectivity index (χ2v) is 10.9. The van der Waals surface area contributed by atoms with E-state index in [4.69, 9.17) is 14.0 Å². The molecule has 2 atom stereocenters. The highest BCUT2D eigenvalue weighted by Gasteiger charge is 2.45. The summed E-state index contributed by atoms with van der Waals surface area (Å²) >= 11 is 0. The lowest BCUT2D eigenvalue weighted by Gasteiger charge is -2.42. The third kappa shape index (κ3) is 5.54. The SMILES string of the molecule is C[C@H]1C[C@@H](NC(=O)c2cc(C3CC3)on2)CCN1S(=O)(=O)N1CCC2(CC1)OCCO2.S.S. The van der Waals surface area contributed by atoms with E-state index in [-0.39, 0.29) is 45.0 Å². The maximum absolute atomic E-state index is 13.2. The van der Waals surface area contributed by atoms with Crippen molar-refractivity contribution in [3.05, 3.63) is 17.5 Å². The summed E-state index contributed by atoms with van der Waals surface area (Å²) in [5.41, 5.74) is 0.295. The standard InChI is InChI=1S/C20H30N4O6S.2H2S/c1-14-12-16(21-19(25)17-13-18(30-22-17)15-2-3-15)4-7-24(14)31(26,27)23-8-5-20(6-9-23)28-10-11-29-20;;/h13-16H,2-12H2,1H3,(H,21,25);2*1H2/t14-,16-;;/m0../s1. The highest BCUT2D eigenvalue weighted by Crippen LogP contribution is 2.40. The summed E-state index contributed by atoms with van der Waals surface area (Å²) in [6.45, 7) is 4.18. The molecule has 188 valence electrons. The maximum Gasteiger partial charge on any atom is 0.282 e. The zero-order valence-corrected chi connectivity index (χ0v) is 21.6. The van der Waals surface area contributed by atoms with Gasteiger partial charge in [0.15, 0.2) is 11.5 Å². The number of hydrogen-bond acceptors (Lipinski definition) is 7. The summed E-state index contributed by atoms with van der Waals surface area (Å²) in [7, 11) is -3.57. The predicted molar refractivity (Wildman–Crippen MR) is 130 cm³/mol. The molecule has 1 saturated carbocycles. The van der Waals surface area contributed by atoms with Crippen LogP contribution in [0.15, 0.2) is 10.6 Å². The second-order valence-electron chi connectivity index (χ2n) is 9.06. The first-order valence-corrected chi connectivity index (χ1v) is 12.6. The number of ether oxygens (including phenoxy) is 2. The lowest BCUT2D eigenvalue weighted by atomic mass is 10.0. The molecule has 1 amide bonds. The zero-order chi connectivity index (χ0) is 21.6. The van der Waals surface area contributed by atoms with E-state index in [0.717, 1.165) is 18.6 Å². The summed E-state index contributed by atoms with van der Waals surface area (Å²) in [5.74, 6) is 0.312. The van der Waals surface area contributed by atoms with Crippen LogP contribution in [0.2, 0.25) is 0 Å². The van der Waals surface area contributed by atoms with Crippen molar-refractivity contribution in [2.45, 2.75) is 69.2 Å². The van der Waals surface area contributed by atoms with Crippen molar-refractivity contribution in [3.8, 4) is 0 Å². The number of rotatable bonds is 5. The van der Waals surface area contributed by atoms with E-state index in [0.29, 0.717) is 70.1 Å². The smallest absolute Gasteiger partial charge is 0.282 e. The number of nitrogens with one attached hydrogen (secondary N) is 1. The van der Waals surface area contributed by atoms with Gasteiger partial charge in [-0.3, -0.25) is 4.79 Å². The molecular formula is C20H34N4O6S3. The molecule has 1 aliphatic carbocycles. The quantitative estimate of drug-likeness (QED) is 0.622. The first-order chi connectivity index (χ1) is 14.9. The molecule has 5 rings (SSSR count). The molecule has 13 heteroatoms. The third-order valence-corrected chi connectivity index (χ3v) is 8.96. The lowest BCUT2D eigenvalue weighted by Crippen LogP contribution is -2.57. The zero-order valence-electron chi connectivity index (χ0n) is 18.8. The Labute approximate surface area is 208 Å². The topological polar surface area (TPSA) is 114 Å². The largest absolute Gasteiger partial charge is 0.360 e. The number of aromatic nitrogens is 1. The van der Waals surface area contributed by atoms with E-state index in [9.17, 15) is 13.2 Å². The van der Waals surface area contributed by atoms with Gasteiger partial charge in [0.1, 0.15) is 5.76 Å². The van der Waals surface area contributed by atoms with Crippen LogP contribution in [0, 0.1) is 0 Å². The Morgan fingerprint density at radius 2 is 1.79 bits per heavy atom. The molecule has 0 radical (unpaired) electrons. The van der Waals surface area contributed by atoms with Crippen LogP contribution in [0.3, 0.4) is 0 Å². The third-order valence-electron chi connectivity index (χ3n) is 6.81. The van der Waals surface area contributed by atoms with Crippen LogP contribution in [-0.2, 0) is 19.7 Å². The van der Waals surface area contributed by atoms with E-state index in [1.165, 1.54) is 4.31 Å². The Morgan fingerprint density at radius 3 is 2.39 bits per heavy atom. The summed E-state index contributed by atoms with van der Waals surface area (Å²) in [4.78, 5) is 12.5. The van der Waals surface area contributed by atoms with Crippen LogP contribution in [0.1, 0.15) is 67.6 Å². The van der Waals surface area contributed by atoms with Gasteiger partial charge in [-0.2, -0.15) is 44.0 Å². The minimum Gasteiger partial charge on any atom is -0.360 e. The van der Waals surface area contributed by atoms with Gasteiger partial charge < -0.3 is 19.3 Å². The number of nitrogens with zero attached hydrogens (tertiary/aromatic N) is 3. The molecule has 10 nitrogen and oxygen atoms in total. The lowest BCUT2D eigenvalue weighted by molar-refractivity contribution is -0.179. The Kier molecular flexibility index (Phi) is 8.46. The van der Waals surface area contributed by atoms with Crippen LogP contribution in [-0.4, -0.2) is 78.8 Å². The summed E-state index contributed by atoms with van der Waals surface area (Å²) in [6, 6.07) is 1.41. The van der Waals surface area contributed by atoms with Crippen LogP contribution in [0.5, 0.6) is 0 Å². The second kappa shape index (κ2) is 10.4. The fraction of sp³-hybridized carbons (Fsp3) is 0.800. The molecule has 3 aliphatic heterocycles. The van der Waals surface area contributed by atoms with Crippen LogP contribution >= 0.6 is 27.0 Å². The summed E-state index contributed by atoms with van der Waals surface area (Å²) < 4.78 is 46.2. The van der Waals surface area contributed by atoms with E-state index in [2.05, 4.69) is 10.5 Å². The molecule has 1 aromatic heterocycles. The summed E-state index contributed by atoms with van der Waals surface area (Å²) in [5, 5.41) is 6.88. The van der Waals surface area contributed by atoms with Crippen LogP contribution in [0.25, 0.3) is 0 Å². The minimum atomic E-state index is -3.57. The van der Waals surface area contributed by atoms with Crippen molar-refractivity contribution in [1.82, 2.24) is 19.1 Å². The number of carbonyl (C=O) groups is 1. The Morgan fingerprint density at radius 1 is 1.12 bits per heavy atom. The first kappa shape index (κ1) is 26.8. The average Bonchev–Trinajstić information content (AvgIpc) is 3.29.